The summed E-state index contributed by atoms with van der Waals surface area (Å²) in [6, 6.07) is 0. The summed E-state index contributed by atoms with van der Waals surface area (Å²) in [4.78, 5) is 17.9. The van der Waals surface area contributed by atoms with Crippen LogP contribution in [0.1, 0.15) is 6.23 Å². The summed E-state index contributed by atoms with van der Waals surface area (Å²) >= 11 is 0. The number of H-pyrrole nitrogens is 1. The van der Waals surface area contributed by atoms with Crippen molar-refractivity contribution in [3.63, 3.8) is 0 Å². The van der Waals surface area contributed by atoms with Gasteiger partial charge in [0.25, 0.3) is 5.56 Å². The predicted octanol–water partition coefficient (Wildman–Crippen LogP) is -2.27. The lowest BCUT2D eigenvalue weighted by Gasteiger charge is -2.15. The molecule has 1 aliphatic rings. The van der Waals surface area contributed by atoms with Crippen molar-refractivity contribution in [2.24, 2.45) is 0 Å². The molecule has 19 heavy (non-hydrogen) atoms. The Kier molecular flexibility index (Phi) is 2.82. The summed E-state index contributed by atoms with van der Waals surface area (Å²) in [6.07, 6.45) is -1.88. The van der Waals surface area contributed by atoms with Crippen LogP contribution in [0.5, 0.6) is 0 Å². The largest absolute Gasteiger partial charge is 0.394 e. The highest BCUT2D eigenvalue weighted by Gasteiger charge is 2.44. The number of nitrogens with zero attached hydrogens (tertiary/aromatic N) is 3. The van der Waals surface area contributed by atoms with E-state index in [2.05, 4.69) is 15.1 Å². The minimum Gasteiger partial charge on any atom is -0.394 e. The number of ether oxygens (including phenoxy) is 1. The van der Waals surface area contributed by atoms with Crippen LogP contribution in [0, 0.1) is 0 Å². The van der Waals surface area contributed by atoms with E-state index < -0.39 is 31.1 Å². The second kappa shape index (κ2) is 4.38. The fourth-order valence-electron chi connectivity index (χ4n) is 2.14. The molecule has 3 heterocycles. The van der Waals surface area contributed by atoms with Crippen LogP contribution in [0.15, 0.2) is 17.3 Å². The maximum atomic E-state index is 11.5. The van der Waals surface area contributed by atoms with Crippen molar-refractivity contribution >= 4 is 11.0 Å². The second-order valence-electron chi connectivity index (χ2n) is 4.29. The Labute approximate surface area is 106 Å². The second-order valence-corrected chi connectivity index (χ2v) is 4.29. The predicted molar refractivity (Wildman–Crippen MR) is 61.2 cm³/mol. The van der Waals surface area contributed by atoms with Gasteiger partial charge in [-0.25, -0.2) is 9.67 Å². The third-order valence-electron chi connectivity index (χ3n) is 3.15. The van der Waals surface area contributed by atoms with Gasteiger partial charge in [0, 0.05) is 0 Å². The first-order valence-electron chi connectivity index (χ1n) is 5.67. The SMILES string of the molecule is O=c1[nH]cnc2c1cnn2C1O[C@H](CO)[C@@H](O)[C@H]1O. The third kappa shape index (κ3) is 1.75. The zero-order chi connectivity index (χ0) is 13.6. The summed E-state index contributed by atoms with van der Waals surface area (Å²) in [5.74, 6) is 0. The zero-order valence-corrected chi connectivity index (χ0v) is 9.67. The van der Waals surface area contributed by atoms with E-state index in [9.17, 15) is 15.0 Å². The molecule has 0 saturated carbocycles. The number of aromatic amines is 1. The van der Waals surface area contributed by atoms with Crippen LogP contribution < -0.4 is 5.56 Å². The molecule has 2 aromatic rings. The van der Waals surface area contributed by atoms with Crippen LogP contribution in [0.3, 0.4) is 0 Å². The van der Waals surface area contributed by atoms with Gasteiger partial charge < -0.3 is 25.0 Å². The van der Waals surface area contributed by atoms with Crippen molar-refractivity contribution < 1.29 is 20.1 Å². The smallest absolute Gasteiger partial charge is 0.261 e. The van der Waals surface area contributed by atoms with Gasteiger partial charge in [-0.15, -0.1) is 0 Å². The van der Waals surface area contributed by atoms with E-state index in [1.165, 1.54) is 17.2 Å². The molecule has 4 atom stereocenters. The molecule has 1 fully saturated rings. The molecule has 0 aliphatic carbocycles. The van der Waals surface area contributed by atoms with Crippen LogP contribution in [-0.4, -0.2) is 60.0 Å². The number of aromatic nitrogens is 4. The van der Waals surface area contributed by atoms with Gasteiger partial charge in [0.05, 0.1) is 19.1 Å². The Balaban J connectivity index is 2.06. The molecule has 9 nitrogen and oxygen atoms in total. The molecular formula is C10H12N4O5. The van der Waals surface area contributed by atoms with Gasteiger partial charge in [-0.1, -0.05) is 0 Å². The summed E-state index contributed by atoms with van der Waals surface area (Å²) < 4.78 is 6.54. The maximum absolute atomic E-state index is 11.5. The summed E-state index contributed by atoms with van der Waals surface area (Å²) in [7, 11) is 0. The molecule has 3 rings (SSSR count). The summed E-state index contributed by atoms with van der Waals surface area (Å²) in [5, 5.41) is 32.8. The van der Waals surface area contributed by atoms with E-state index in [1.54, 1.807) is 0 Å². The highest BCUT2D eigenvalue weighted by molar-refractivity contribution is 5.72. The Bertz CT molecular complexity index is 653. The van der Waals surface area contributed by atoms with E-state index >= 15 is 0 Å². The van der Waals surface area contributed by atoms with Gasteiger partial charge >= 0.3 is 0 Å². The molecule has 2 aromatic heterocycles. The van der Waals surface area contributed by atoms with E-state index in [-0.39, 0.29) is 16.6 Å². The highest BCUT2D eigenvalue weighted by atomic mass is 16.6. The molecule has 1 saturated heterocycles. The first-order chi connectivity index (χ1) is 9.13. The lowest BCUT2D eigenvalue weighted by atomic mass is 10.1. The van der Waals surface area contributed by atoms with E-state index in [0.717, 1.165) is 0 Å². The minimum absolute atomic E-state index is 0.235. The fraction of sp³-hybridized carbons (Fsp3) is 0.500. The zero-order valence-electron chi connectivity index (χ0n) is 9.67. The lowest BCUT2D eigenvalue weighted by molar-refractivity contribution is -0.0566. The minimum atomic E-state index is -1.26. The van der Waals surface area contributed by atoms with E-state index in [0.29, 0.717) is 0 Å². The number of aliphatic hydroxyl groups is 3. The number of fused-ring (bicyclic) bond motifs is 1. The van der Waals surface area contributed by atoms with Crippen LogP contribution in [0.25, 0.3) is 11.0 Å². The normalized spacial score (nSPS) is 31.1. The average Bonchev–Trinajstić information content (AvgIpc) is 2.94. The standard InChI is InChI=1S/C10H12N4O5/c15-2-5-6(16)7(17)10(19-5)14-8-4(1-13-14)9(18)12-3-11-8/h1,3,5-7,10,15-17H,2H2,(H,11,12,18)/t5-,6-,7-,10?/m1/s1. The first kappa shape index (κ1) is 12.2. The van der Waals surface area contributed by atoms with Crippen LogP contribution in [0.2, 0.25) is 0 Å². The number of aliphatic hydroxyl groups excluding tert-OH is 3. The molecule has 0 bridgehead atoms. The maximum Gasteiger partial charge on any atom is 0.261 e. The van der Waals surface area contributed by atoms with Crippen LogP contribution in [0.4, 0.5) is 0 Å². The number of nitrogens with one attached hydrogen (secondary N) is 1. The molecule has 0 radical (unpaired) electrons. The molecule has 102 valence electrons. The van der Waals surface area contributed by atoms with E-state index in [1.807, 2.05) is 0 Å². The molecule has 0 spiro atoms. The highest BCUT2D eigenvalue weighted by Crippen LogP contribution is 2.30. The number of rotatable bonds is 2. The van der Waals surface area contributed by atoms with Crippen molar-refractivity contribution in [3.8, 4) is 0 Å². The van der Waals surface area contributed by atoms with Crippen LogP contribution in [-0.2, 0) is 4.74 Å². The molecule has 1 unspecified atom stereocenters. The first-order valence-corrected chi connectivity index (χ1v) is 5.67. The third-order valence-corrected chi connectivity index (χ3v) is 3.15. The molecule has 1 aliphatic heterocycles. The van der Waals surface area contributed by atoms with Crippen molar-refractivity contribution in [1.82, 2.24) is 19.7 Å². The number of hydrogen-bond acceptors (Lipinski definition) is 7. The van der Waals surface area contributed by atoms with Gasteiger partial charge in [-0.3, -0.25) is 4.79 Å². The van der Waals surface area contributed by atoms with Crippen molar-refractivity contribution in [2.75, 3.05) is 6.61 Å². The lowest BCUT2D eigenvalue weighted by Crippen LogP contribution is -2.33. The Morgan fingerprint density at radius 1 is 1.42 bits per heavy atom. The van der Waals surface area contributed by atoms with Gasteiger partial charge in [-0.2, -0.15) is 5.10 Å². The topological polar surface area (TPSA) is 133 Å². The van der Waals surface area contributed by atoms with Gasteiger partial charge in [-0.05, 0) is 0 Å². The van der Waals surface area contributed by atoms with E-state index in [4.69, 9.17) is 9.84 Å². The summed E-state index contributed by atoms with van der Waals surface area (Å²) in [6.45, 7) is -0.429. The van der Waals surface area contributed by atoms with Gasteiger partial charge in [0.2, 0.25) is 0 Å². The molecule has 4 N–H and O–H groups in total. The van der Waals surface area contributed by atoms with Crippen molar-refractivity contribution in [2.45, 2.75) is 24.5 Å². The Morgan fingerprint density at radius 3 is 2.89 bits per heavy atom. The fourth-order valence-corrected chi connectivity index (χ4v) is 2.14. The van der Waals surface area contributed by atoms with Crippen molar-refractivity contribution in [3.05, 3.63) is 22.9 Å². The number of hydrogen-bond donors (Lipinski definition) is 4. The molecule has 9 heteroatoms. The Hall–Kier alpha value is -1.81. The van der Waals surface area contributed by atoms with Gasteiger partial charge in [0.1, 0.15) is 23.7 Å². The molecule has 0 aromatic carbocycles. The molecular weight excluding hydrogens is 256 g/mol. The Morgan fingerprint density at radius 2 is 2.21 bits per heavy atom. The monoisotopic (exact) mass is 268 g/mol. The quantitative estimate of drug-likeness (QED) is 0.482. The van der Waals surface area contributed by atoms with Gasteiger partial charge in [0.15, 0.2) is 11.9 Å². The molecule has 0 amide bonds. The van der Waals surface area contributed by atoms with Crippen LogP contribution >= 0.6 is 0 Å². The summed E-state index contributed by atoms with van der Waals surface area (Å²) in [5.41, 5.74) is -0.124. The average molecular weight is 268 g/mol. The van der Waals surface area contributed by atoms with Crippen molar-refractivity contribution in [1.29, 1.82) is 0 Å².